The first kappa shape index (κ1) is 9.44. The van der Waals surface area contributed by atoms with Crippen LogP contribution in [0.2, 0.25) is 0 Å². The Hall–Kier alpha value is -0.560. The van der Waals surface area contributed by atoms with Crippen LogP contribution < -0.4 is 0 Å². The topological polar surface area (TPSA) is 20.2 Å². The zero-order valence-electron chi connectivity index (χ0n) is 6.59. The van der Waals surface area contributed by atoms with Crippen LogP contribution in [0.3, 0.4) is 0 Å². The minimum absolute atomic E-state index is 0.302. The van der Waals surface area contributed by atoms with E-state index in [1.54, 1.807) is 6.92 Å². The van der Waals surface area contributed by atoms with Gasteiger partial charge >= 0.3 is 0 Å². The van der Waals surface area contributed by atoms with Crippen LogP contribution >= 0.6 is 0 Å². The molecule has 1 unspecified atom stereocenters. The van der Waals surface area contributed by atoms with Crippen molar-refractivity contribution in [2.75, 3.05) is 0 Å². The van der Waals surface area contributed by atoms with Gasteiger partial charge in [-0.3, -0.25) is 0 Å². The normalized spacial score (nSPS) is 13.8. The molecule has 0 aliphatic heterocycles. The monoisotopic (exact) mass is 140 g/mol. The van der Waals surface area contributed by atoms with Crippen LogP contribution in [0.1, 0.15) is 26.2 Å². The maximum absolute atomic E-state index is 8.80. The zero-order valence-corrected chi connectivity index (χ0v) is 6.59. The van der Waals surface area contributed by atoms with E-state index in [1.165, 1.54) is 0 Å². The Kier molecular flexibility index (Phi) is 6.19. The Morgan fingerprint density at radius 3 is 2.70 bits per heavy atom. The third kappa shape index (κ3) is 7.44. The predicted molar refractivity (Wildman–Crippen MR) is 44.9 cm³/mol. The molecule has 1 atom stereocenters. The molecule has 0 aliphatic carbocycles. The third-order valence-corrected chi connectivity index (χ3v) is 1.19. The van der Waals surface area contributed by atoms with Crippen molar-refractivity contribution in [3.63, 3.8) is 0 Å². The molecule has 0 spiro atoms. The highest BCUT2D eigenvalue weighted by atomic mass is 16.3. The summed E-state index contributed by atoms with van der Waals surface area (Å²) in [6.07, 6.45) is 8.66. The number of hydrogen-bond acceptors (Lipinski definition) is 1. The van der Waals surface area contributed by atoms with Crippen molar-refractivity contribution in [2.24, 2.45) is 0 Å². The Morgan fingerprint density at radius 1 is 1.50 bits per heavy atom. The first-order valence-corrected chi connectivity index (χ1v) is 3.73. The summed E-state index contributed by atoms with van der Waals surface area (Å²) >= 11 is 0. The molecular weight excluding hydrogens is 124 g/mol. The molecule has 1 heteroatoms. The fraction of sp³-hybridized carbons (Fsp3) is 0.556. The standard InChI is InChI=1S/C9H16O/c1-3-4-5-6-7-8-9(2)10/h3,7-10H,1,4-6H2,2H3/b8-7+. The van der Waals surface area contributed by atoms with Crippen LogP contribution in [0, 0.1) is 0 Å². The summed E-state index contributed by atoms with van der Waals surface area (Å²) in [7, 11) is 0. The lowest BCUT2D eigenvalue weighted by Gasteiger charge is -1.92. The molecule has 0 radical (unpaired) electrons. The van der Waals surface area contributed by atoms with E-state index in [1.807, 2.05) is 18.2 Å². The lowest BCUT2D eigenvalue weighted by molar-refractivity contribution is 0.244. The van der Waals surface area contributed by atoms with E-state index in [4.69, 9.17) is 5.11 Å². The molecule has 0 rings (SSSR count). The molecule has 1 nitrogen and oxygen atoms in total. The van der Waals surface area contributed by atoms with E-state index >= 15 is 0 Å². The molecule has 10 heavy (non-hydrogen) atoms. The van der Waals surface area contributed by atoms with Gasteiger partial charge in [-0.05, 0) is 26.2 Å². The number of aliphatic hydroxyl groups is 1. The van der Waals surface area contributed by atoms with Crippen molar-refractivity contribution in [3.8, 4) is 0 Å². The second-order valence-corrected chi connectivity index (χ2v) is 2.39. The average Bonchev–Trinajstić information content (AvgIpc) is 1.87. The van der Waals surface area contributed by atoms with Gasteiger partial charge in [0.2, 0.25) is 0 Å². The highest BCUT2D eigenvalue weighted by Gasteiger charge is 1.83. The van der Waals surface area contributed by atoms with Crippen molar-refractivity contribution in [3.05, 3.63) is 24.8 Å². The average molecular weight is 140 g/mol. The van der Waals surface area contributed by atoms with Crippen LogP contribution in [0.15, 0.2) is 24.8 Å². The van der Waals surface area contributed by atoms with Gasteiger partial charge in [0.25, 0.3) is 0 Å². The number of allylic oxidation sites excluding steroid dienone is 2. The third-order valence-electron chi connectivity index (χ3n) is 1.19. The molecule has 0 bridgehead atoms. The van der Waals surface area contributed by atoms with Crippen LogP contribution in [0.25, 0.3) is 0 Å². The van der Waals surface area contributed by atoms with Crippen molar-refractivity contribution >= 4 is 0 Å². The van der Waals surface area contributed by atoms with Gasteiger partial charge in [0.15, 0.2) is 0 Å². The lowest BCUT2D eigenvalue weighted by atomic mass is 10.2. The Labute approximate surface area is 63.1 Å². The maximum Gasteiger partial charge on any atom is 0.0692 e. The minimum Gasteiger partial charge on any atom is -0.389 e. The summed E-state index contributed by atoms with van der Waals surface area (Å²) in [4.78, 5) is 0. The first-order chi connectivity index (χ1) is 4.77. The first-order valence-electron chi connectivity index (χ1n) is 3.73. The second-order valence-electron chi connectivity index (χ2n) is 2.39. The Bertz CT molecular complexity index is 103. The summed E-state index contributed by atoms with van der Waals surface area (Å²) in [5, 5.41) is 8.80. The van der Waals surface area contributed by atoms with Gasteiger partial charge in [0.1, 0.15) is 0 Å². The van der Waals surface area contributed by atoms with E-state index in [0.29, 0.717) is 0 Å². The second kappa shape index (κ2) is 6.56. The van der Waals surface area contributed by atoms with Crippen LogP contribution in [-0.2, 0) is 0 Å². The molecule has 0 heterocycles. The number of hydrogen-bond donors (Lipinski definition) is 1. The van der Waals surface area contributed by atoms with E-state index < -0.39 is 0 Å². The van der Waals surface area contributed by atoms with E-state index in [-0.39, 0.29) is 6.10 Å². The van der Waals surface area contributed by atoms with Gasteiger partial charge in [-0.1, -0.05) is 18.2 Å². The van der Waals surface area contributed by atoms with Crippen LogP contribution in [-0.4, -0.2) is 11.2 Å². The molecule has 58 valence electrons. The van der Waals surface area contributed by atoms with Crippen molar-refractivity contribution < 1.29 is 5.11 Å². The molecule has 1 N–H and O–H groups in total. The SMILES string of the molecule is C=CCCC/C=C/C(C)O. The number of aliphatic hydroxyl groups excluding tert-OH is 1. The lowest BCUT2D eigenvalue weighted by Crippen LogP contribution is -1.91. The summed E-state index contributed by atoms with van der Waals surface area (Å²) in [5.41, 5.74) is 0. The number of unbranched alkanes of at least 4 members (excludes halogenated alkanes) is 2. The fourth-order valence-electron chi connectivity index (χ4n) is 0.673. The molecule has 0 amide bonds. The highest BCUT2D eigenvalue weighted by Crippen LogP contribution is 1.97. The van der Waals surface area contributed by atoms with Gasteiger partial charge in [0, 0.05) is 0 Å². The molecule has 0 aromatic heterocycles. The summed E-state index contributed by atoms with van der Waals surface area (Å²) in [6, 6.07) is 0. The Balaban J connectivity index is 3.10. The molecule has 0 aromatic rings. The minimum atomic E-state index is -0.302. The van der Waals surface area contributed by atoms with Crippen molar-refractivity contribution in [1.29, 1.82) is 0 Å². The van der Waals surface area contributed by atoms with Gasteiger partial charge < -0.3 is 5.11 Å². The van der Waals surface area contributed by atoms with E-state index in [9.17, 15) is 0 Å². The fourth-order valence-corrected chi connectivity index (χ4v) is 0.673. The summed E-state index contributed by atoms with van der Waals surface area (Å²) in [5.74, 6) is 0. The van der Waals surface area contributed by atoms with Crippen LogP contribution in [0.4, 0.5) is 0 Å². The summed E-state index contributed by atoms with van der Waals surface area (Å²) in [6.45, 7) is 5.37. The highest BCUT2D eigenvalue weighted by molar-refractivity contribution is 4.86. The molecule has 0 fully saturated rings. The van der Waals surface area contributed by atoms with Gasteiger partial charge in [-0.25, -0.2) is 0 Å². The van der Waals surface area contributed by atoms with Crippen LogP contribution in [0.5, 0.6) is 0 Å². The molecule has 0 aliphatic rings. The molecular formula is C9H16O. The number of rotatable bonds is 5. The smallest absolute Gasteiger partial charge is 0.0692 e. The maximum atomic E-state index is 8.80. The molecule has 0 aromatic carbocycles. The van der Waals surface area contributed by atoms with Gasteiger partial charge in [-0.2, -0.15) is 0 Å². The molecule has 0 saturated heterocycles. The Morgan fingerprint density at radius 2 is 2.20 bits per heavy atom. The van der Waals surface area contributed by atoms with Gasteiger partial charge in [-0.15, -0.1) is 6.58 Å². The largest absolute Gasteiger partial charge is 0.389 e. The van der Waals surface area contributed by atoms with Crippen molar-refractivity contribution in [1.82, 2.24) is 0 Å². The predicted octanol–water partition coefficient (Wildman–Crippen LogP) is 2.28. The van der Waals surface area contributed by atoms with Crippen molar-refractivity contribution in [2.45, 2.75) is 32.3 Å². The van der Waals surface area contributed by atoms with Gasteiger partial charge in [0.05, 0.1) is 6.10 Å². The molecule has 0 saturated carbocycles. The summed E-state index contributed by atoms with van der Waals surface area (Å²) < 4.78 is 0. The quantitative estimate of drug-likeness (QED) is 0.459. The van der Waals surface area contributed by atoms with E-state index in [2.05, 4.69) is 6.58 Å². The van der Waals surface area contributed by atoms with E-state index in [0.717, 1.165) is 19.3 Å². The zero-order chi connectivity index (χ0) is 7.82.